The molecule has 1 amide bonds. The first-order chi connectivity index (χ1) is 14.9. The van der Waals surface area contributed by atoms with Gasteiger partial charge in [-0.3, -0.25) is 4.90 Å². The van der Waals surface area contributed by atoms with Crippen molar-refractivity contribution in [1.29, 1.82) is 0 Å². The smallest absolute Gasteiger partial charge is 0.414 e. The van der Waals surface area contributed by atoms with Crippen LogP contribution in [0, 0.1) is 13.8 Å². The van der Waals surface area contributed by atoms with Crippen LogP contribution in [0.25, 0.3) is 11.2 Å². The number of rotatable bonds is 5. The highest BCUT2D eigenvalue weighted by molar-refractivity contribution is 6.31. The van der Waals surface area contributed by atoms with E-state index in [0.29, 0.717) is 40.8 Å². The maximum Gasteiger partial charge on any atom is 0.414 e. The Balaban J connectivity index is 1.96. The van der Waals surface area contributed by atoms with E-state index in [-0.39, 0.29) is 5.69 Å². The van der Waals surface area contributed by atoms with E-state index in [1.54, 1.807) is 6.07 Å². The van der Waals surface area contributed by atoms with E-state index in [1.165, 1.54) is 11.0 Å². The van der Waals surface area contributed by atoms with E-state index in [4.69, 9.17) is 16.3 Å². The van der Waals surface area contributed by atoms with Crippen molar-refractivity contribution in [2.45, 2.75) is 53.7 Å². The van der Waals surface area contributed by atoms with Gasteiger partial charge in [0.1, 0.15) is 16.9 Å². The largest absolute Gasteiger partial charge is 0.477 e. The van der Waals surface area contributed by atoms with Crippen LogP contribution >= 0.6 is 11.6 Å². The Morgan fingerprint density at radius 3 is 2.44 bits per heavy atom. The van der Waals surface area contributed by atoms with Crippen LogP contribution in [0.1, 0.15) is 55.1 Å². The molecular formula is C23H27ClN4O4. The van der Waals surface area contributed by atoms with E-state index >= 15 is 0 Å². The van der Waals surface area contributed by atoms with E-state index in [9.17, 15) is 14.7 Å². The van der Waals surface area contributed by atoms with Crippen molar-refractivity contribution in [3.8, 4) is 0 Å². The number of fused-ring (bicyclic) bond motifs is 1. The number of carbonyl (C=O) groups is 2. The topological polar surface area (TPSA) is 97.6 Å². The number of carboxylic acid groups (broad SMARTS) is 1. The van der Waals surface area contributed by atoms with Gasteiger partial charge in [-0.15, -0.1) is 0 Å². The molecule has 0 atom stereocenters. The van der Waals surface area contributed by atoms with Gasteiger partial charge in [0, 0.05) is 17.3 Å². The number of aryl methyl sites for hydroxylation is 2. The summed E-state index contributed by atoms with van der Waals surface area (Å²) in [7, 11) is 0. The first-order valence-corrected chi connectivity index (χ1v) is 10.7. The highest BCUT2D eigenvalue weighted by Gasteiger charge is 2.23. The van der Waals surface area contributed by atoms with Gasteiger partial charge in [-0.1, -0.05) is 17.7 Å². The Morgan fingerprint density at radius 1 is 1.19 bits per heavy atom. The molecule has 0 aliphatic carbocycles. The molecule has 9 heteroatoms. The number of aromatic nitrogens is 3. The summed E-state index contributed by atoms with van der Waals surface area (Å²) in [6.45, 7) is 11.7. The number of halogens is 1. The van der Waals surface area contributed by atoms with Gasteiger partial charge >= 0.3 is 12.1 Å². The second-order valence-corrected chi connectivity index (χ2v) is 8.95. The number of ether oxygens (including phenoxy) is 1. The molecule has 3 rings (SSSR count). The molecule has 2 aromatic heterocycles. The molecule has 0 spiro atoms. The molecule has 1 N–H and O–H groups in total. The molecule has 2 heterocycles. The van der Waals surface area contributed by atoms with Crippen molar-refractivity contribution in [3.05, 3.63) is 51.9 Å². The Hall–Kier alpha value is -3.13. The first-order valence-electron chi connectivity index (χ1n) is 10.3. The predicted octanol–water partition coefficient (Wildman–Crippen LogP) is 5.21. The van der Waals surface area contributed by atoms with Crippen LogP contribution in [-0.2, 0) is 11.3 Å². The predicted molar refractivity (Wildman–Crippen MR) is 124 cm³/mol. The van der Waals surface area contributed by atoms with Crippen molar-refractivity contribution in [1.82, 2.24) is 14.5 Å². The number of aromatic carboxylic acids is 1. The zero-order chi connectivity index (χ0) is 23.8. The maximum atomic E-state index is 12.5. The van der Waals surface area contributed by atoms with Crippen LogP contribution in [0.5, 0.6) is 0 Å². The van der Waals surface area contributed by atoms with Crippen molar-refractivity contribution < 1.29 is 19.4 Å². The molecular weight excluding hydrogens is 432 g/mol. The van der Waals surface area contributed by atoms with E-state index in [0.717, 1.165) is 11.1 Å². The number of carboxylic acids is 1. The lowest BCUT2D eigenvalue weighted by atomic mass is 10.1. The molecule has 0 fully saturated rings. The molecule has 0 bridgehead atoms. The maximum absolute atomic E-state index is 12.5. The van der Waals surface area contributed by atoms with Crippen molar-refractivity contribution in [3.63, 3.8) is 0 Å². The highest BCUT2D eigenvalue weighted by Crippen LogP contribution is 2.28. The van der Waals surface area contributed by atoms with Crippen LogP contribution < -0.4 is 4.90 Å². The van der Waals surface area contributed by atoms with Crippen LogP contribution in [0.15, 0.2) is 24.3 Å². The fraction of sp³-hybridized carbons (Fsp3) is 0.391. The average Bonchev–Trinajstić information content (AvgIpc) is 2.99. The number of hydrogen-bond donors (Lipinski definition) is 1. The summed E-state index contributed by atoms with van der Waals surface area (Å²) in [6, 6.07) is 6.88. The normalized spacial score (nSPS) is 11.6. The summed E-state index contributed by atoms with van der Waals surface area (Å²) in [5.41, 5.74) is 2.67. The van der Waals surface area contributed by atoms with Gasteiger partial charge in [0.15, 0.2) is 11.3 Å². The number of pyridine rings is 1. The SMILES string of the molecule is CCN(C(=O)OC(C)(C)C)c1ccc(Cn2c(C)nc3c(C)cc(C(=O)O)nc32)c(Cl)c1. The third kappa shape index (κ3) is 4.85. The number of amides is 1. The van der Waals surface area contributed by atoms with E-state index in [2.05, 4.69) is 9.97 Å². The number of anilines is 1. The number of carbonyl (C=O) groups excluding carboxylic acids is 1. The Kier molecular flexibility index (Phi) is 6.46. The fourth-order valence-corrected chi connectivity index (χ4v) is 3.62. The van der Waals surface area contributed by atoms with Gasteiger partial charge in [0.05, 0.1) is 6.54 Å². The van der Waals surface area contributed by atoms with Crippen LogP contribution in [0.2, 0.25) is 5.02 Å². The van der Waals surface area contributed by atoms with Crippen LogP contribution in [0.3, 0.4) is 0 Å². The third-order valence-corrected chi connectivity index (χ3v) is 5.26. The molecule has 0 saturated heterocycles. The van der Waals surface area contributed by atoms with E-state index in [1.807, 2.05) is 58.2 Å². The molecule has 32 heavy (non-hydrogen) atoms. The summed E-state index contributed by atoms with van der Waals surface area (Å²) in [4.78, 5) is 34.3. The van der Waals surface area contributed by atoms with Gasteiger partial charge in [0.2, 0.25) is 0 Å². The monoisotopic (exact) mass is 458 g/mol. The fourth-order valence-electron chi connectivity index (χ4n) is 3.39. The number of imidazole rings is 1. The summed E-state index contributed by atoms with van der Waals surface area (Å²) in [5.74, 6) is -0.396. The van der Waals surface area contributed by atoms with Crippen LogP contribution in [-0.4, -0.2) is 43.8 Å². The standard InChI is InChI=1S/C23H27ClN4O4/c1-7-27(22(31)32-23(4,5)6)16-9-8-15(17(24)11-16)12-28-14(3)25-19-13(2)10-18(21(29)30)26-20(19)28/h8-11H,7,12H2,1-6H3,(H,29,30). The van der Waals surface area contributed by atoms with Crippen molar-refractivity contribution >= 4 is 40.5 Å². The zero-order valence-corrected chi connectivity index (χ0v) is 19.8. The molecule has 0 saturated carbocycles. The van der Waals surface area contributed by atoms with Gasteiger partial charge in [-0.25, -0.2) is 19.6 Å². The summed E-state index contributed by atoms with van der Waals surface area (Å²) in [5, 5.41) is 9.84. The van der Waals surface area contributed by atoms with Crippen LogP contribution in [0.4, 0.5) is 10.5 Å². The molecule has 0 aliphatic heterocycles. The highest BCUT2D eigenvalue weighted by atomic mass is 35.5. The second-order valence-electron chi connectivity index (χ2n) is 8.55. The minimum Gasteiger partial charge on any atom is -0.477 e. The molecule has 0 aliphatic rings. The molecule has 0 unspecified atom stereocenters. The molecule has 170 valence electrons. The van der Waals surface area contributed by atoms with Gasteiger partial charge in [-0.05, 0) is 70.9 Å². The zero-order valence-electron chi connectivity index (χ0n) is 19.1. The third-order valence-electron chi connectivity index (χ3n) is 4.91. The summed E-state index contributed by atoms with van der Waals surface area (Å²) < 4.78 is 7.32. The lowest BCUT2D eigenvalue weighted by molar-refractivity contribution is 0.0581. The number of benzene rings is 1. The van der Waals surface area contributed by atoms with Crippen molar-refractivity contribution in [2.75, 3.05) is 11.4 Å². The van der Waals surface area contributed by atoms with Gasteiger partial charge in [0.25, 0.3) is 0 Å². The summed E-state index contributed by atoms with van der Waals surface area (Å²) >= 11 is 6.57. The minimum atomic E-state index is -1.09. The first kappa shape index (κ1) is 23.5. The van der Waals surface area contributed by atoms with E-state index < -0.39 is 17.7 Å². The van der Waals surface area contributed by atoms with Crippen molar-refractivity contribution in [2.24, 2.45) is 0 Å². The lowest BCUT2D eigenvalue weighted by Crippen LogP contribution is -2.36. The molecule has 8 nitrogen and oxygen atoms in total. The number of hydrogen-bond acceptors (Lipinski definition) is 5. The lowest BCUT2D eigenvalue weighted by Gasteiger charge is -2.27. The second kappa shape index (κ2) is 8.78. The molecule has 1 aromatic carbocycles. The summed E-state index contributed by atoms with van der Waals surface area (Å²) in [6.07, 6.45) is -0.443. The Labute approximate surface area is 191 Å². The van der Waals surface area contributed by atoms with Gasteiger partial charge < -0.3 is 14.4 Å². The Bertz CT molecular complexity index is 1200. The number of nitrogens with zero attached hydrogens (tertiary/aromatic N) is 4. The van der Waals surface area contributed by atoms with Gasteiger partial charge in [-0.2, -0.15) is 0 Å². The average molecular weight is 459 g/mol. The quantitative estimate of drug-likeness (QED) is 0.563. The Morgan fingerprint density at radius 2 is 1.88 bits per heavy atom. The molecule has 0 radical (unpaired) electrons. The molecule has 3 aromatic rings. The minimum absolute atomic E-state index is 0.0338.